The van der Waals surface area contributed by atoms with Gasteiger partial charge in [-0.25, -0.2) is 0 Å². The molecule has 2 aliphatic rings. The molecule has 9 heteroatoms. The number of hydrogen-bond acceptors (Lipinski definition) is 5. The van der Waals surface area contributed by atoms with Gasteiger partial charge >= 0.3 is 6.18 Å². The number of thioether (sulfide) groups is 2. The summed E-state index contributed by atoms with van der Waals surface area (Å²) in [6.45, 7) is 2.04. The lowest BCUT2D eigenvalue weighted by Crippen LogP contribution is -2.46. The Balaban J connectivity index is 1.73. The van der Waals surface area contributed by atoms with Crippen LogP contribution in [0.4, 0.5) is 18.9 Å². The molecule has 2 aromatic rings. The Hall–Kier alpha value is -1.32. The van der Waals surface area contributed by atoms with E-state index in [9.17, 15) is 23.1 Å². The number of hydrogen-bond donors (Lipinski definition) is 2. The van der Waals surface area contributed by atoms with Gasteiger partial charge in [0.25, 0.3) is 0 Å². The van der Waals surface area contributed by atoms with E-state index in [1.807, 2.05) is 6.92 Å². The van der Waals surface area contributed by atoms with E-state index < -0.39 is 23.4 Å². The number of aromatic amines is 1. The van der Waals surface area contributed by atoms with Crippen LogP contribution in [0.3, 0.4) is 0 Å². The summed E-state index contributed by atoms with van der Waals surface area (Å²) in [7, 11) is 0. The number of pyridine rings is 1. The van der Waals surface area contributed by atoms with Crippen LogP contribution < -0.4 is 10.5 Å². The SMILES string of the molecule is C[C@@H]1CCC([C@@H](O)C2SCCCS2)N1c1ccc2[nH]c(=O)cc(C(F)(F)F)c2c1. The number of nitrogens with one attached hydrogen (secondary N) is 1. The molecule has 158 valence electrons. The smallest absolute Gasteiger partial charge is 0.389 e. The van der Waals surface area contributed by atoms with Crippen molar-refractivity contribution in [2.75, 3.05) is 16.4 Å². The number of rotatable bonds is 3. The van der Waals surface area contributed by atoms with E-state index in [2.05, 4.69) is 9.88 Å². The first kappa shape index (κ1) is 20.9. The van der Waals surface area contributed by atoms with Crippen LogP contribution >= 0.6 is 23.5 Å². The number of benzene rings is 1. The maximum atomic E-state index is 13.5. The lowest BCUT2D eigenvalue weighted by molar-refractivity contribution is -0.136. The zero-order valence-electron chi connectivity index (χ0n) is 15.9. The third-order valence-corrected chi connectivity index (χ3v) is 8.75. The molecule has 29 heavy (non-hydrogen) atoms. The summed E-state index contributed by atoms with van der Waals surface area (Å²) in [6, 6.07) is 5.35. The summed E-state index contributed by atoms with van der Waals surface area (Å²) < 4.78 is 40.6. The maximum absolute atomic E-state index is 13.5. The first-order valence-corrected chi connectivity index (χ1v) is 11.8. The minimum absolute atomic E-state index is 0.0247. The second-order valence-corrected chi connectivity index (χ2v) is 10.4. The van der Waals surface area contributed by atoms with Crippen LogP contribution in [0, 0.1) is 0 Å². The fourth-order valence-corrected chi connectivity index (χ4v) is 7.31. The standard InChI is InChI=1S/C20H23F3N2O2S2/c1-11-3-6-16(18(27)19-28-7-2-8-29-19)25(11)12-4-5-15-13(9-12)14(20(21,22)23)10-17(26)24-15/h4-5,9-11,16,18-19,27H,2-3,6-8H2,1H3,(H,24,26)/t11-,16?,18-/m1/s1. The number of H-pyrrole nitrogens is 1. The summed E-state index contributed by atoms with van der Waals surface area (Å²) in [5, 5.41) is 11.0. The molecule has 0 spiro atoms. The first-order chi connectivity index (χ1) is 13.8. The van der Waals surface area contributed by atoms with Crippen molar-refractivity contribution in [3.63, 3.8) is 0 Å². The van der Waals surface area contributed by atoms with Crippen molar-refractivity contribution in [1.82, 2.24) is 4.98 Å². The van der Waals surface area contributed by atoms with Gasteiger partial charge in [-0.05, 0) is 55.9 Å². The van der Waals surface area contributed by atoms with Crippen molar-refractivity contribution in [1.29, 1.82) is 0 Å². The fourth-order valence-electron chi connectivity index (χ4n) is 4.32. The van der Waals surface area contributed by atoms with Gasteiger partial charge in [0, 0.05) is 28.7 Å². The van der Waals surface area contributed by atoms with Gasteiger partial charge in [0.15, 0.2) is 0 Å². The Labute approximate surface area is 175 Å². The van der Waals surface area contributed by atoms with Gasteiger partial charge in [-0.15, -0.1) is 23.5 Å². The highest BCUT2D eigenvalue weighted by Gasteiger charge is 2.40. The van der Waals surface area contributed by atoms with E-state index in [0.717, 1.165) is 30.8 Å². The molecule has 4 rings (SSSR count). The van der Waals surface area contributed by atoms with Crippen molar-refractivity contribution in [3.8, 4) is 0 Å². The van der Waals surface area contributed by atoms with Gasteiger partial charge in [0.05, 0.1) is 22.3 Å². The number of aromatic nitrogens is 1. The molecular formula is C20H23F3N2O2S2. The van der Waals surface area contributed by atoms with E-state index >= 15 is 0 Å². The molecule has 2 aliphatic heterocycles. The van der Waals surface area contributed by atoms with Gasteiger partial charge < -0.3 is 15.0 Å². The molecule has 2 N–H and O–H groups in total. The summed E-state index contributed by atoms with van der Waals surface area (Å²) in [5.74, 6) is 2.05. The van der Waals surface area contributed by atoms with E-state index in [0.29, 0.717) is 11.8 Å². The second kappa shape index (κ2) is 8.07. The van der Waals surface area contributed by atoms with E-state index in [-0.39, 0.29) is 27.6 Å². The molecule has 0 bridgehead atoms. The van der Waals surface area contributed by atoms with Crippen LogP contribution in [0.1, 0.15) is 31.7 Å². The molecule has 1 unspecified atom stereocenters. The zero-order valence-corrected chi connectivity index (χ0v) is 17.5. The third kappa shape index (κ3) is 4.14. The number of aliphatic hydroxyl groups is 1. The largest absolute Gasteiger partial charge is 0.417 e. The number of alkyl halides is 3. The zero-order chi connectivity index (χ0) is 20.8. The monoisotopic (exact) mass is 444 g/mol. The lowest BCUT2D eigenvalue weighted by atomic mass is 10.1. The van der Waals surface area contributed by atoms with E-state index in [4.69, 9.17) is 0 Å². The van der Waals surface area contributed by atoms with Gasteiger partial charge in [-0.3, -0.25) is 4.79 Å². The molecule has 0 aliphatic carbocycles. The molecule has 2 fully saturated rings. The Morgan fingerprint density at radius 1 is 1.21 bits per heavy atom. The third-order valence-electron chi connectivity index (χ3n) is 5.67. The quantitative estimate of drug-likeness (QED) is 0.732. The second-order valence-electron chi connectivity index (χ2n) is 7.63. The highest BCUT2D eigenvalue weighted by Crippen LogP contribution is 2.41. The molecule has 0 radical (unpaired) electrons. The van der Waals surface area contributed by atoms with Crippen molar-refractivity contribution in [2.24, 2.45) is 0 Å². The Kier molecular flexibility index (Phi) is 5.83. The van der Waals surface area contributed by atoms with Crippen LogP contribution in [-0.4, -0.2) is 44.4 Å². The minimum atomic E-state index is -4.62. The molecule has 3 atom stereocenters. The van der Waals surface area contributed by atoms with Crippen molar-refractivity contribution < 1.29 is 18.3 Å². The molecule has 2 saturated heterocycles. The number of anilines is 1. The molecule has 1 aromatic carbocycles. The van der Waals surface area contributed by atoms with Gasteiger partial charge in [0.2, 0.25) is 5.56 Å². The highest BCUT2D eigenvalue weighted by atomic mass is 32.2. The summed E-state index contributed by atoms with van der Waals surface area (Å²) in [5.41, 5.74) is -0.891. The average molecular weight is 445 g/mol. The number of halogens is 3. The van der Waals surface area contributed by atoms with Crippen molar-refractivity contribution >= 4 is 40.1 Å². The summed E-state index contributed by atoms with van der Waals surface area (Å²) in [6.07, 6.45) is -2.36. The minimum Gasteiger partial charge on any atom is -0.389 e. The van der Waals surface area contributed by atoms with Crippen molar-refractivity contribution in [2.45, 2.75) is 55.1 Å². The van der Waals surface area contributed by atoms with E-state index in [1.54, 1.807) is 29.6 Å². The lowest BCUT2D eigenvalue weighted by Gasteiger charge is -2.37. The Bertz CT molecular complexity index is 943. The number of nitrogens with zero attached hydrogens (tertiary/aromatic N) is 1. The number of fused-ring (bicyclic) bond motifs is 1. The molecule has 0 saturated carbocycles. The predicted molar refractivity (Wildman–Crippen MR) is 114 cm³/mol. The maximum Gasteiger partial charge on any atom is 0.417 e. The Morgan fingerprint density at radius 3 is 2.62 bits per heavy atom. The average Bonchev–Trinajstić information content (AvgIpc) is 3.07. The highest BCUT2D eigenvalue weighted by molar-refractivity contribution is 8.17. The molecule has 1 aromatic heterocycles. The first-order valence-electron chi connectivity index (χ1n) is 9.69. The van der Waals surface area contributed by atoms with Crippen molar-refractivity contribution in [3.05, 3.63) is 40.2 Å². The molecular weight excluding hydrogens is 421 g/mol. The molecule has 4 nitrogen and oxygen atoms in total. The van der Waals surface area contributed by atoms with Crippen LogP contribution in [0.2, 0.25) is 0 Å². The fraction of sp³-hybridized carbons (Fsp3) is 0.550. The number of aliphatic hydroxyl groups excluding tert-OH is 1. The predicted octanol–water partition coefficient (Wildman–Crippen LogP) is 4.46. The topological polar surface area (TPSA) is 56.3 Å². The molecule has 0 amide bonds. The molecule has 3 heterocycles. The van der Waals surface area contributed by atoms with Crippen LogP contribution in [0.15, 0.2) is 29.1 Å². The van der Waals surface area contributed by atoms with Gasteiger partial charge in [0.1, 0.15) is 0 Å². The summed E-state index contributed by atoms with van der Waals surface area (Å²) in [4.78, 5) is 16.2. The van der Waals surface area contributed by atoms with Crippen LogP contribution in [0.25, 0.3) is 10.9 Å². The Morgan fingerprint density at radius 2 is 1.93 bits per heavy atom. The normalized spacial score (nSPS) is 24.9. The van der Waals surface area contributed by atoms with Gasteiger partial charge in [-0.1, -0.05) is 0 Å². The van der Waals surface area contributed by atoms with E-state index in [1.165, 1.54) is 12.1 Å². The summed E-state index contributed by atoms with van der Waals surface area (Å²) >= 11 is 3.53. The van der Waals surface area contributed by atoms with Crippen LogP contribution in [-0.2, 0) is 6.18 Å². The van der Waals surface area contributed by atoms with Crippen LogP contribution in [0.5, 0.6) is 0 Å². The van der Waals surface area contributed by atoms with Gasteiger partial charge in [-0.2, -0.15) is 13.2 Å².